The molecule has 3 heterocycles. The first-order valence-electron chi connectivity index (χ1n) is 9.00. The Morgan fingerprint density at radius 3 is 2.81 bits per heavy atom. The number of H-pyrrole nitrogens is 1. The van der Waals surface area contributed by atoms with Crippen LogP contribution in [0.2, 0.25) is 0 Å². The molecule has 1 amide bonds. The maximum absolute atomic E-state index is 13.3. The third-order valence-electron chi connectivity index (χ3n) is 4.96. The van der Waals surface area contributed by atoms with Crippen molar-refractivity contribution >= 4 is 16.8 Å². The highest BCUT2D eigenvalue weighted by molar-refractivity contribution is 5.97. The van der Waals surface area contributed by atoms with E-state index >= 15 is 0 Å². The van der Waals surface area contributed by atoms with Gasteiger partial charge in [-0.25, -0.2) is 4.39 Å². The number of hydrogen-bond acceptors (Lipinski definition) is 4. The van der Waals surface area contributed by atoms with Gasteiger partial charge in [-0.2, -0.15) is 0 Å². The lowest BCUT2D eigenvalue weighted by Gasteiger charge is -2.25. The van der Waals surface area contributed by atoms with Crippen LogP contribution in [0.15, 0.2) is 51.9 Å². The van der Waals surface area contributed by atoms with Crippen LogP contribution in [-0.4, -0.2) is 35.4 Å². The maximum Gasteiger partial charge on any atom is 0.261 e. The van der Waals surface area contributed by atoms with Crippen LogP contribution < -0.4 is 10.9 Å². The van der Waals surface area contributed by atoms with E-state index < -0.39 is 17.3 Å². The van der Waals surface area contributed by atoms with Gasteiger partial charge < -0.3 is 14.7 Å². The molecular weight excluding hydrogens is 349 g/mol. The minimum absolute atomic E-state index is 0.00808. The molecule has 1 atom stereocenters. The summed E-state index contributed by atoms with van der Waals surface area (Å²) in [5, 5.41) is 3.45. The molecule has 0 radical (unpaired) electrons. The van der Waals surface area contributed by atoms with Crippen LogP contribution in [0.3, 0.4) is 0 Å². The fraction of sp³-hybridized carbons (Fsp3) is 0.300. The highest BCUT2D eigenvalue weighted by atomic mass is 19.1. The number of furan rings is 1. The standard InChI is InChI=1S/C20H20FN3O3/c21-14-6-5-13-10-15(20(26)23-16(13)11-14)19(25)22-12-17(18-4-3-9-27-18)24-7-1-2-8-24/h3-6,9-11,17H,1-2,7-8,12H2,(H,22,25)(H,23,26). The van der Waals surface area contributed by atoms with Crippen molar-refractivity contribution in [2.75, 3.05) is 19.6 Å². The quantitative estimate of drug-likeness (QED) is 0.725. The van der Waals surface area contributed by atoms with Crippen molar-refractivity contribution in [3.63, 3.8) is 0 Å². The number of carbonyl (C=O) groups excluding carboxylic acids is 1. The van der Waals surface area contributed by atoms with Crippen molar-refractivity contribution in [3.05, 3.63) is 70.2 Å². The molecule has 7 heteroatoms. The highest BCUT2D eigenvalue weighted by Gasteiger charge is 2.26. The second-order valence-electron chi connectivity index (χ2n) is 6.73. The van der Waals surface area contributed by atoms with Crippen molar-refractivity contribution in [1.82, 2.24) is 15.2 Å². The molecule has 0 aliphatic carbocycles. The first-order chi connectivity index (χ1) is 13.1. The van der Waals surface area contributed by atoms with Crippen molar-refractivity contribution in [2.45, 2.75) is 18.9 Å². The molecule has 1 aliphatic heterocycles. The topological polar surface area (TPSA) is 78.3 Å². The second kappa shape index (κ2) is 7.36. The van der Waals surface area contributed by atoms with Gasteiger partial charge in [0.15, 0.2) is 0 Å². The number of rotatable bonds is 5. The van der Waals surface area contributed by atoms with E-state index in [1.807, 2.05) is 12.1 Å². The normalized spacial score (nSPS) is 15.9. The molecule has 2 aromatic heterocycles. The smallest absolute Gasteiger partial charge is 0.261 e. The van der Waals surface area contributed by atoms with Crippen LogP contribution in [0.4, 0.5) is 4.39 Å². The van der Waals surface area contributed by atoms with Gasteiger partial charge in [0.25, 0.3) is 11.5 Å². The molecule has 1 unspecified atom stereocenters. The molecule has 0 saturated carbocycles. The number of nitrogens with one attached hydrogen (secondary N) is 2. The molecule has 1 saturated heterocycles. The minimum atomic E-state index is -0.540. The van der Waals surface area contributed by atoms with Gasteiger partial charge in [0.1, 0.15) is 17.1 Å². The van der Waals surface area contributed by atoms with E-state index in [1.54, 1.807) is 6.26 Å². The number of nitrogens with zero attached hydrogens (tertiary/aromatic N) is 1. The van der Waals surface area contributed by atoms with Gasteiger partial charge in [-0.15, -0.1) is 0 Å². The van der Waals surface area contributed by atoms with Crippen molar-refractivity contribution < 1.29 is 13.6 Å². The lowest BCUT2D eigenvalue weighted by molar-refractivity contribution is 0.0932. The first kappa shape index (κ1) is 17.5. The molecule has 0 bridgehead atoms. The molecule has 6 nitrogen and oxygen atoms in total. The van der Waals surface area contributed by atoms with Gasteiger partial charge in [-0.3, -0.25) is 14.5 Å². The van der Waals surface area contributed by atoms with E-state index in [0.29, 0.717) is 17.4 Å². The second-order valence-corrected chi connectivity index (χ2v) is 6.73. The summed E-state index contributed by atoms with van der Waals surface area (Å²) in [6, 6.07) is 9.20. The van der Waals surface area contributed by atoms with Gasteiger partial charge in [0.05, 0.1) is 17.8 Å². The number of amides is 1. The molecule has 1 fully saturated rings. The zero-order valence-electron chi connectivity index (χ0n) is 14.7. The average Bonchev–Trinajstić information content (AvgIpc) is 3.35. The predicted molar refractivity (Wildman–Crippen MR) is 99.1 cm³/mol. The number of likely N-dealkylation sites (tertiary alicyclic amines) is 1. The van der Waals surface area contributed by atoms with Crippen LogP contribution >= 0.6 is 0 Å². The van der Waals surface area contributed by atoms with Crippen LogP contribution in [0.25, 0.3) is 10.9 Å². The third-order valence-corrected chi connectivity index (χ3v) is 4.96. The van der Waals surface area contributed by atoms with Gasteiger partial charge in [0.2, 0.25) is 0 Å². The summed E-state index contributed by atoms with van der Waals surface area (Å²) < 4.78 is 18.8. The summed E-state index contributed by atoms with van der Waals surface area (Å²) >= 11 is 0. The number of fused-ring (bicyclic) bond motifs is 1. The molecule has 27 heavy (non-hydrogen) atoms. The average molecular weight is 369 g/mol. The number of carbonyl (C=O) groups is 1. The summed E-state index contributed by atoms with van der Waals surface area (Å²) in [5.74, 6) is -0.111. The fourth-order valence-corrected chi connectivity index (χ4v) is 3.57. The minimum Gasteiger partial charge on any atom is -0.468 e. The summed E-state index contributed by atoms with van der Waals surface area (Å²) in [5.41, 5.74) is -0.169. The van der Waals surface area contributed by atoms with Crippen molar-refractivity contribution in [2.24, 2.45) is 0 Å². The van der Waals surface area contributed by atoms with E-state index in [2.05, 4.69) is 15.2 Å². The lowest BCUT2D eigenvalue weighted by Crippen LogP contribution is -2.38. The molecule has 0 spiro atoms. The van der Waals surface area contributed by atoms with Crippen LogP contribution in [0, 0.1) is 5.82 Å². The number of aromatic amines is 1. The van der Waals surface area contributed by atoms with Crippen LogP contribution in [0.5, 0.6) is 0 Å². The number of aromatic nitrogens is 1. The lowest BCUT2D eigenvalue weighted by atomic mass is 10.1. The Kier molecular flexibility index (Phi) is 4.77. The molecule has 3 aromatic rings. The largest absolute Gasteiger partial charge is 0.468 e. The Hall–Kier alpha value is -2.93. The number of halogens is 1. The summed E-state index contributed by atoms with van der Waals surface area (Å²) in [6.45, 7) is 2.24. The van der Waals surface area contributed by atoms with Crippen molar-refractivity contribution in [3.8, 4) is 0 Å². The van der Waals surface area contributed by atoms with E-state index in [9.17, 15) is 14.0 Å². The molecule has 140 valence electrons. The van der Waals surface area contributed by atoms with Crippen molar-refractivity contribution in [1.29, 1.82) is 0 Å². The first-order valence-corrected chi connectivity index (χ1v) is 9.00. The Balaban J connectivity index is 1.54. The zero-order chi connectivity index (χ0) is 18.8. The molecule has 1 aromatic carbocycles. The summed E-state index contributed by atoms with van der Waals surface area (Å²) in [7, 11) is 0. The van der Waals surface area contributed by atoms with Gasteiger partial charge >= 0.3 is 0 Å². The molecular formula is C20H20FN3O3. The zero-order valence-corrected chi connectivity index (χ0v) is 14.7. The van der Waals surface area contributed by atoms with Crippen LogP contribution in [0.1, 0.15) is 35.0 Å². The van der Waals surface area contributed by atoms with Gasteiger partial charge in [-0.1, -0.05) is 0 Å². The molecule has 2 N–H and O–H groups in total. The predicted octanol–water partition coefficient (Wildman–Crippen LogP) is 2.83. The monoisotopic (exact) mass is 369 g/mol. The Morgan fingerprint density at radius 1 is 1.26 bits per heavy atom. The Labute approximate surface area is 155 Å². The third kappa shape index (κ3) is 3.64. The van der Waals surface area contributed by atoms with Gasteiger partial charge in [-0.05, 0) is 67.7 Å². The Morgan fingerprint density at radius 2 is 2.07 bits per heavy atom. The Bertz CT molecular complexity index is 1010. The van der Waals surface area contributed by atoms with Crippen LogP contribution in [-0.2, 0) is 0 Å². The highest BCUT2D eigenvalue weighted by Crippen LogP contribution is 2.25. The SMILES string of the molecule is O=C(NCC(c1ccco1)N1CCCC1)c1cc2ccc(F)cc2[nH]c1=O. The van der Waals surface area contributed by atoms with E-state index in [0.717, 1.165) is 31.7 Å². The number of hydrogen-bond donors (Lipinski definition) is 2. The number of pyridine rings is 1. The van der Waals surface area contributed by atoms with E-state index in [4.69, 9.17) is 4.42 Å². The van der Waals surface area contributed by atoms with E-state index in [-0.39, 0.29) is 11.6 Å². The number of benzene rings is 1. The fourth-order valence-electron chi connectivity index (χ4n) is 3.57. The van der Waals surface area contributed by atoms with E-state index in [1.165, 1.54) is 24.3 Å². The maximum atomic E-state index is 13.3. The summed E-state index contributed by atoms with van der Waals surface area (Å²) in [4.78, 5) is 29.7. The van der Waals surface area contributed by atoms with Gasteiger partial charge in [0, 0.05) is 6.54 Å². The molecule has 1 aliphatic rings. The molecule has 4 rings (SSSR count). The summed E-state index contributed by atoms with van der Waals surface area (Å²) in [6.07, 6.45) is 3.85.